The summed E-state index contributed by atoms with van der Waals surface area (Å²) in [5, 5.41) is 10.9. The molecule has 0 aromatic heterocycles. The van der Waals surface area contributed by atoms with Crippen LogP contribution in [0, 0.1) is 27.7 Å². The minimum absolute atomic E-state index is 0.170. The fourth-order valence-corrected chi connectivity index (χ4v) is 3.25. The van der Waals surface area contributed by atoms with Crippen LogP contribution < -0.4 is 4.90 Å². The molecule has 29 heavy (non-hydrogen) atoms. The summed E-state index contributed by atoms with van der Waals surface area (Å²) < 4.78 is 84.0. The summed E-state index contributed by atoms with van der Waals surface area (Å²) in [5.74, 6) is -1.84. The Morgan fingerprint density at radius 3 is 1.90 bits per heavy atom. The predicted octanol–water partition coefficient (Wildman–Crippen LogP) is 5.74. The lowest BCUT2D eigenvalue weighted by Crippen LogP contribution is -2.63. The van der Waals surface area contributed by atoms with Gasteiger partial charge < -0.3 is 5.11 Å². The Balaban J connectivity index is 2.45. The number of fused-ring (bicyclic) bond motifs is 1. The molecule has 1 heterocycles. The molecule has 2 aromatic carbocycles. The van der Waals surface area contributed by atoms with Gasteiger partial charge in [-0.2, -0.15) is 26.3 Å². The van der Waals surface area contributed by atoms with E-state index in [1.807, 2.05) is 0 Å². The molecule has 1 aliphatic heterocycles. The van der Waals surface area contributed by atoms with Crippen LogP contribution in [-0.2, 0) is 5.72 Å². The van der Waals surface area contributed by atoms with Gasteiger partial charge in [-0.1, -0.05) is 6.07 Å². The van der Waals surface area contributed by atoms with Crippen LogP contribution >= 0.6 is 0 Å². The van der Waals surface area contributed by atoms with Gasteiger partial charge in [0.15, 0.2) is 0 Å². The van der Waals surface area contributed by atoms with E-state index >= 15 is 0 Å². The van der Waals surface area contributed by atoms with Crippen LogP contribution in [0.2, 0.25) is 0 Å². The number of halogens is 6. The molecule has 0 amide bonds. The van der Waals surface area contributed by atoms with Gasteiger partial charge in [0.2, 0.25) is 5.84 Å². The molecule has 1 atom stereocenters. The molecule has 156 valence electrons. The number of aliphatic hydroxyl groups is 1. The van der Waals surface area contributed by atoms with E-state index in [0.717, 1.165) is 18.2 Å². The van der Waals surface area contributed by atoms with Gasteiger partial charge in [0.05, 0.1) is 5.69 Å². The maximum atomic E-state index is 14.2. The number of hydrogen-bond acceptors (Lipinski definition) is 3. The van der Waals surface area contributed by atoms with Crippen molar-refractivity contribution in [1.82, 2.24) is 0 Å². The fourth-order valence-electron chi connectivity index (χ4n) is 3.25. The fraction of sp³-hybridized carbons (Fsp3) is 0.350. The number of anilines is 1. The first-order valence-electron chi connectivity index (χ1n) is 8.62. The van der Waals surface area contributed by atoms with Crippen LogP contribution in [-0.4, -0.2) is 23.3 Å². The maximum absolute atomic E-state index is 14.2. The van der Waals surface area contributed by atoms with Gasteiger partial charge >= 0.3 is 12.4 Å². The minimum atomic E-state index is -5.45. The molecule has 0 saturated heterocycles. The number of amidine groups is 1. The summed E-state index contributed by atoms with van der Waals surface area (Å²) >= 11 is 0. The van der Waals surface area contributed by atoms with E-state index in [-0.39, 0.29) is 4.90 Å². The highest BCUT2D eigenvalue weighted by Gasteiger charge is 2.65. The number of aryl methyl sites for hydroxylation is 4. The van der Waals surface area contributed by atoms with Crippen molar-refractivity contribution in [3.63, 3.8) is 0 Å². The number of hydrogen-bond donors (Lipinski definition) is 1. The third-order valence-electron chi connectivity index (χ3n) is 5.15. The smallest absolute Gasteiger partial charge is 0.359 e. The number of rotatable bonds is 1. The molecule has 0 fully saturated rings. The molecule has 3 rings (SSSR count). The number of nitrogens with zero attached hydrogens (tertiary/aromatic N) is 2. The van der Waals surface area contributed by atoms with Gasteiger partial charge in [-0.25, -0.2) is 4.99 Å². The first-order valence-corrected chi connectivity index (χ1v) is 8.62. The van der Waals surface area contributed by atoms with Crippen molar-refractivity contribution in [1.29, 1.82) is 0 Å². The average molecular weight is 416 g/mol. The Morgan fingerprint density at radius 2 is 1.38 bits per heavy atom. The lowest BCUT2D eigenvalue weighted by molar-refractivity contribution is -0.263. The zero-order valence-corrected chi connectivity index (χ0v) is 16.0. The van der Waals surface area contributed by atoms with Crippen molar-refractivity contribution in [2.45, 2.75) is 45.8 Å². The highest BCUT2D eigenvalue weighted by molar-refractivity contribution is 6.06. The Morgan fingerprint density at radius 1 is 0.828 bits per heavy atom. The summed E-state index contributed by atoms with van der Waals surface area (Å²) in [6.45, 7) is 6.28. The van der Waals surface area contributed by atoms with Gasteiger partial charge in [-0.05, 0) is 74.2 Å². The first-order chi connectivity index (χ1) is 13.2. The Labute approximate surface area is 163 Å². The molecule has 0 spiro atoms. The van der Waals surface area contributed by atoms with Crippen LogP contribution in [0.3, 0.4) is 0 Å². The molecule has 1 unspecified atom stereocenters. The number of benzene rings is 2. The van der Waals surface area contributed by atoms with E-state index in [1.165, 1.54) is 19.1 Å². The Kier molecular flexibility index (Phi) is 4.73. The highest BCUT2D eigenvalue weighted by atomic mass is 19.4. The predicted molar refractivity (Wildman–Crippen MR) is 97.4 cm³/mol. The van der Waals surface area contributed by atoms with Gasteiger partial charge in [0.25, 0.3) is 5.72 Å². The van der Waals surface area contributed by atoms with Crippen LogP contribution in [0.25, 0.3) is 0 Å². The third-order valence-corrected chi connectivity index (χ3v) is 5.15. The largest absolute Gasteiger partial charge is 0.449 e. The van der Waals surface area contributed by atoms with Crippen LogP contribution in [0.5, 0.6) is 0 Å². The summed E-state index contributed by atoms with van der Waals surface area (Å²) in [6.07, 6.45) is -10.7. The molecule has 3 nitrogen and oxygen atoms in total. The normalized spacial score (nSPS) is 19.8. The van der Waals surface area contributed by atoms with E-state index < -0.39 is 40.9 Å². The van der Waals surface area contributed by atoms with Crippen molar-refractivity contribution >= 4 is 17.2 Å². The van der Waals surface area contributed by atoms with Gasteiger partial charge in [-0.3, -0.25) is 4.90 Å². The van der Waals surface area contributed by atoms with Crippen LogP contribution in [0.1, 0.15) is 27.8 Å². The molecular formula is C20H18F6N2O. The van der Waals surface area contributed by atoms with Gasteiger partial charge in [0, 0.05) is 11.3 Å². The number of aliphatic imine (C=N–C) groups is 1. The lowest BCUT2D eigenvalue weighted by atomic mass is 9.91. The molecule has 1 aliphatic rings. The summed E-state index contributed by atoms with van der Waals surface area (Å²) in [7, 11) is 0. The molecule has 1 N–H and O–H groups in total. The monoisotopic (exact) mass is 416 g/mol. The maximum Gasteiger partial charge on any atom is 0.449 e. The van der Waals surface area contributed by atoms with Crippen molar-refractivity contribution in [2.24, 2.45) is 4.99 Å². The van der Waals surface area contributed by atoms with Crippen molar-refractivity contribution in [2.75, 3.05) is 4.90 Å². The van der Waals surface area contributed by atoms with E-state index in [1.54, 1.807) is 20.8 Å². The number of alkyl halides is 6. The quantitative estimate of drug-likeness (QED) is 0.602. The molecule has 2 aromatic rings. The Hall–Kier alpha value is -2.55. The molecule has 0 radical (unpaired) electrons. The molecule has 0 aliphatic carbocycles. The molecule has 0 saturated carbocycles. The van der Waals surface area contributed by atoms with Crippen molar-refractivity contribution in [3.8, 4) is 0 Å². The summed E-state index contributed by atoms with van der Waals surface area (Å²) in [5.41, 5.74) is -3.74. The third kappa shape index (κ3) is 3.27. The zero-order valence-electron chi connectivity index (χ0n) is 16.0. The minimum Gasteiger partial charge on any atom is -0.359 e. The molecule has 9 heteroatoms. The molecular weight excluding hydrogens is 398 g/mol. The average Bonchev–Trinajstić information content (AvgIpc) is 2.57. The van der Waals surface area contributed by atoms with E-state index in [9.17, 15) is 31.4 Å². The lowest BCUT2D eigenvalue weighted by Gasteiger charge is -2.45. The molecule has 0 bridgehead atoms. The second-order valence-electron chi connectivity index (χ2n) is 7.16. The van der Waals surface area contributed by atoms with Crippen molar-refractivity contribution < 1.29 is 31.4 Å². The zero-order chi connectivity index (χ0) is 21.9. The SMILES string of the molecule is Cc1ccc(N2C(C(F)(F)F)=Nc3cc(C)c(C)cc3C2(O)C(F)(F)F)cc1C. The van der Waals surface area contributed by atoms with Crippen molar-refractivity contribution in [3.05, 3.63) is 58.1 Å². The second kappa shape index (κ2) is 6.48. The summed E-state index contributed by atoms with van der Waals surface area (Å²) in [4.78, 5) is 3.32. The standard InChI is InChI=1S/C20H18F6N2O/c1-10-5-6-14(7-11(10)2)28-17(19(21,22)23)27-16-9-13(4)12(3)8-15(16)18(28,29)20(24,25)26/h5-9,29H,1-4H3. The second-order valence-corrected chi connectivity index (χ2v) is 7.16. The van der Waals surface area contributed by atoms with E-state index in [2.05, 4.69) is 4.99 Å². The van der Waals surface area contributed by atoms with E-state index in [4.69, 9.17) is 0 Å². The van der Waals surface area contributed by atoms with E-state index in [0.29, 0.717) is 22.3 Å². The Bertz CT molecular complexity index is 1010. The van der Waals surface area contributed by atoms with Gasteiger partial charge in [-0.15, -0.1) is 0 Å². The first kappa shape index (κ1) is 21.2. The highest BCUT2D eigenvalue weighted by Crippen LogP contribution is 2.52. The summed E-state index contributed by atoms with van der Waals surface area (Å²) in [6, 6.07) is 5.81. The van der Waals surface area contributed by atoms with Crippen LogP contribution in [0.15, 0.2) is 35.3 Å². The van der Waals surface area contributed by atoms with Gasteiger partial charge in [0.1, 0.15) is 0 Å². The topological polar surface area (TPSA) is 35.8 Å². The van der Waals surface area contributed by atoms with Crippen LogP contribution in [0.4, 0.5) is 37.7 Å².